The van der Waals surface area contributed by atoms with E-state index in [1.807, 2.05) is 24.3 Å². The molecule has 0 bridgehead atoms. The number of anilines is 2. The molecule has 0 spiro atoms. The number of para-hydroxylation sites is 1. The molecule has 3 nitrogen and oxygen atoms in total. The van der Waals surface area contributed by atoms with Gasteiger partial charge in [0.2, 0.25) is 0 Å². The molecule has 2 rings (SSSR count). The van der Waals surface area contributed by atoms with Crippen LogP contribution in [-0.4, -0.2) is 9.97 Å². The van der Waals surface area contributed by atoms with E-state index in [0.717, 1.165) is 20.3 Å². The predicted molar refractivity (Wildman–Crippen MR) is 85.2 cm³/mol. The Morgan fingerprint density at radius 3 is 2.33 bits per heavy atom. The van der Waals surface area contributed by atoms with Crippen molar-refractivity contribution >= 4 is 60.4 Å². The SMILES string of the molecule is NC(=S)c1ccc(Nc2c(Br)cccc2Br)cn1. The van der Waals surface area contributed by atoms with Crippen molar-refractivity contribution in [3.05, 3.63) is 51.2 Å². The largest absolute Gasteiger partial charge is 0.388 e. The van der Waals surface area contributed by atoms with E-state index >= 15 is 0 Å². The zero-order valence-electron chi connectivity index (χ0n) is 9.15. The van der Waals surface area contributed by atoms with Crippen molar-refractivity contribution in [1.29, 1.82) is 0 Å². The van der Waals surface area contributed by atoms with Crippen LogP contribution >= 0.6 is 44.1 Å². The Morgan fingerprint density at radius 2 is 1.83 bits per heavy atom. The van der Waals surface area contributed by atoms with E-state index in [4.69, 9.17) is 18.0 Å². The van der Waals surface area contributed by atoms with Gasteiger partial charge in [-0.25, -0.2) is 0 Å². The summed E-state index contributed by atoms with van der Waals surface area (Å²) in [6.45, 7) is 0. The molecule has 0 fully saturated rings. The van der Waals surface area contributed by atoms with Crippen LogP contribution in [0.25, 0.3) is 0 Å². The van der Waals surface area contributed by atoms with Crippen LogP contribution in [0.2, 0.25) is 0 Å². The highest BCUT2D eigenvalue weighted by molar-refractivity contribution is 9.11. The predicted octanol–water partition coefficient (Wildman–Crippen LogP) is 3.98. The van der Waals surface area contributed by atoms with Gasteiger partial charge < -0.3 is 11.1 Å². The van der Waals surface area contributed by atoms with Gasteiger partial charge in [-0.2, -0.15) is 0 Å². The van der Waals surface area contributed by atoms with E-state index in [0.29, 0.717) is 10.7 Å². The van der Waals surface area contributed by atoms with Gasteiger partial charge in [-0.3, -0.25) is 4.98 Å². The smallest absolute Gasteiger partial charge is 0.122 e. The van der Waals surface area contributed by atoms with Crippen molar-refractivity contribution in [2.45, 2.75) is 0 Å². The Bertz CT molecular complexity index is 564. The van der Waals surface area contributed by atoms with Gasteiger partial charge in [0.1, 0.15) is 4.99 Å². The lowest BCUT2D eigenvalue weighted by molar-refractivity contribution is 1.28. The lowest BCUT2D eigenvalue weighted by Crippen LogP contribution is -2.11. The van der Waals surface area contributed by atoms with Crippen molar-refractivity contribution in [3.63, 3.8) is 0 Å². The molecule has 18 heavy (non-hydrogen) atoms. The molecule has 2 aromatic rings. The Morgan fingerprint density at radius 1 is 1.17 bits per heavy atom. The molecule has 0 amide bonds. The summed E-state index contributed by atoms with van der Waals surface area (Å²) in [7, 11) is 0. The third-order valence-electron chi connectivity index (χ3n) is 2.25. The highest BCUT2D eigenvalue weighted by Crippen LogP contribution is 2.32. The van der Waals surface area contributed by atoms with Gasteiger partial charge in [0, 0.05) is 8.95 Å². The number of halogens is 2. The minimum absolute atomic E-state index is 0.295. The number of hydrogen-bond donors (Lipinski definition) is 2. The number of nitrogens with one attached hydrogen (secondary N) is 1. The van der Waals surface area contributed by atoms with Gasteiger partial charge in [0.15, 0.2) is 0 Å². The molecule has 1 heterocycles. The van der Waals surface area contributed by atoms with Crippen LogP contribution in [0.5, 0.6) is 0 Å². The Hall–Kier alpha value is -0.980. The van der Waals surface area contributed by atoms with Gasteiger partial charge in [-0.15, -0.1) is 0 Å². The van der Waals surface area contributed by atoms with E-state index in [2.05, 4.69) is 42.2 Å². The summed E-state index contributed by atoms with van der Waals surface area (Å²) >= 11 is 11.8. The summed E-state index contributed by atoms with van der Waals surface area (Å²) in [5.74, 6) is 0. The highest BCUT2D eigenvalue weighted by Gasteiger charge is 2.05. The second-order valence-electron chi connectivity index (χ2n) is 3.52. The van der Waals surface area contributed by atoms with Crippen LogP contribution in [0, 0.1) is 0 Å². The van der Waals surface area contributed by atoms with Crippen molar-refractivity contribution < 1.29 is 0 Å². The van der Waals surface area contributed by atoms with Crippen LogP contribution < -0.4 is 11.1 Å². The molecule has 0 aliphatic rings. The molecule has 0 aliphatic heterocycles. The van der Waals surface area contributed by atoms with E-state index in [-0.39, 0.29) is 0 Å². The second kappa shape index (κ2) is 5.77. The fourth-order valence-electron chi connectivity index (χ4n) is 1.38. The van der Waals surface area contributed by atoms with Gasteiger partial charge in [-0.1, -0.05) is 18.3 Å². The minimum Gasteiger partial charge on any atom is -0.388 e. The minimum atomic E-state index is 0.295. The first-order valence-corrected chi connectivity index (χ1v) is 7.04. The normalized spacial score (nSPS) is 10.1. The fourth-order valence-corrected chi connectivity index (χ4v) is 2.69. The maximum Gasteiger partial charge on any atom is 0.122 e. The second-order valence-corrected chi connectivity index (χ2v) is 5.67. The molecule has 3 N–H and O–H groups in total. The molecule has 0 radical (unpaired) electrons. The molecule has 0 atom stereocenters. The summed E-state index contributed by atoms with van der Waals surface area (Å²) in [5, 5.41) is 3.27. The number of hydrogen-bond acceptors (Lipinski definition) is 3. The maximum atomic E-state index is 5.50. The summed E-state index contributed by atoms with van der Waals surface area (Å²) in [6.07, 6.45) is 1.69. The summed E-state index contributed by atoms with van der Waals surface area (Å²) in [4.78, 5) is 4.47. The monoisotopic (exact) mass is 385 g/mol. The van der Waals surface area contributed by atoms with Crippen LogP contribution in [0.1, 0.15) is 5.69 Å². The summed E-state index contributed by atoms with van der Waals surface area (Å²) in [5.41, 5.74) is 7.92. The van der Waals surface area contributed by atoms with Gasteiger partial charge in [0.05, 0.1) is 23.3 Å². The lowest BCUT2D eigenvalue weighted by atomic mass is 10.3. The Kier molecular flexibility index (Phi) is 4.31. The van der Waals surface area contributed by atoms with E-state index in [9.17, 15) is 0 Å². The topological polar surface area (TPSA) is 50.9 Å². The summed E-state index contributed by atoms with van der Waals surface area (Å²) in [6, 6.07) is 9.55. The maximum absolute atomic E-state index is 5.50. The number of pyridine rings is 1. The van der Waals surface area contributed by atoms with Crippen molar-refractivity contribution in [2.75, 3.05) is 5.32 Å². The van der Waals surface area contributed by atoms with Crippen LogP contribution in [-0.2, 0) is 0 Å². The third-order valence-corrected chi connectivity index (χ3v) is 3.78. The third kappa shape index (κ3) is 3.07. The zero-order chi connectivity index (χ0) is 13.1. The standard InChI is InChI=1S/C12H9Br2N3S/c13-8-2-1-3-9(14)11(8)17-7-4-5-10(12(15)18)16-6-7/h1-6,17H,(H2,15,18). The molecular formula is C12H9Br2N3S. The van der Waals surface area contributed by atoms with Gasteiger partial charge in [0.25, 0.3) is 0 Å². The summed E-state index contributed by atoms with van der Waals surface area (Å²) < 4.78 is 1.94. The molecule has 6 heteroatoms. The van der Waals surface area contributed by atoms with Gasteiger partial charge >= 0.3 is 0 Å². The average molecular weight is 387 g/mol. The molecule has 1 aromatic carbocycles. The Balaban J connectivity index is 2.26. The first kappa shape index (κ1) is 13.5. The van der Waals surface area contributed by atoms with E-state index < -0.39 is 0 Å². The molecule has 0 unspecified atom stereocenters. The van der Waals surface area contributed by atoms with Crippen LogP contribution in [0.3, 0.4) is 0 Å². The van der Waals surface area contributed by atoms with Crippen molar-refractivity contribution in [2.24, 2.45) is 5.73 Å². The number of aromatic nitrogens is 1. The molecule has 0 saturated carbocycles. The van der Waals surface area contributed by atoms with Crippen LogP contribution in [0.4, 0.5) is 11.4 Å². The van der Waals surface area contributed by atoms with E-state index in [1.54, 1.807) is 12.3 Å². The molecular weight excluding hydrogens is 378 g/mol. The number of nitrogens with two attached hydrogens (primary N) is 1. The first-order chi connectivity index (χ1) is 8.58. The molecule has 0 saturated heterocycles. The van der Waals surface area contributed by atoms with E-state index in [1.165, 1.54) is 0 Å². The lowest BCUT2D eigenvalue weighted by Gasteiger charge is -2.10. The highest BCUT2D eigenvalue weighted by atomic mass is 79.9. The zero-order valence-corrected chi connectivity index (χ0v) is 13.1. The Labute approximate surface area is 127 Å². The average Bonchev–Trinajstić information content (AvgIpc) is 2.34. The molecule has 92 valence electrons. The fraction of sp³-hybridized carbons (Fsp3) is 0. The van der Waals surface area contributed by atoms with Crippen molar-refractivity contribution in [1.82, 2.24) is 4.98 Å². The van der Waals surface area contributed by atoms with Crippen LogP contribution in [0.15, 0.2) is 45.5 Å². The number of rotatable bonds is 3. The van der Waals surface area contributed by atoms with Gasteiger partial charge in [-0.05, 0) is 56.1 Å². The molecule has 1 aromatic heterocycles. The number of nitrogens with zero attached hydrogens (tertiary/aromatic N) is 1. The molecule has 0 aliphatic carbocycles. The first-order valence-electron chi connectivity index (χ1n) is 5.05. The quantitative estimate of drug-likeness (QED) is 0.783. The number of thiocarbonyl (C=S) groups is 1. The number of benzene rings is 1. The van der Waals surface area contributed by atoms with Crippen molar-refractivity contribution in [3.8, 4) is 0 Å².